The van der Waals surface area contributed by atoms with Gasteiger partial charge in [-0.15, -0.1) is 0 Å². The third-order valence-electron chi connectivity index (χ3n) is 6.11. The lowest BCUT2D eigenvalue weighted by atomic mass is 9.90. The number of carboxylic acid groups (broad SMARTS) is 1. The molecular formula is C21H23ClFN3O3. The van der Waals surface area contributed by atoms with Gasteiger partial charge in [0.25, 0.3) is 0 Å². The van der Waals surface area contributed by atoms with Gasteiger partial charge in [0.05, 0.1) is 30.4 Å². The summed E-state index contributed by atoms with van der Waals surface area (Å²) in [4.78, 5) is 21.5. The molecule has 1 saturated heterocycles. The number of halogens is 2. The number of ether oxygens (including phenoxy) is 1. The standard InChI is InChI=1S/C21H23ClFN3O3/c22-16-12-24-20(25-13-16)26-6-4-21(5-7-26)11-15(21)3-8-29-17-2-1-14(9-19(27)28)18(23)10-17/h1-2,10,12-13,15H,3-9,11H2,(H,27,28). The van der Waals surface area contributed by atoms with Crippen molar-refractivity contribution in [3.63, 3.8) is 0 Å². The number of piperidine rings is 1. The second-order valence-electron chi connectivity index (χ2n) is 7.91. The van der Waals surface area contributed by atoms with Gasteiger partial charge in [-0.25, -0.2) is 14.4 Å². The lowest BCUT2D eigenvalue weighted by Gasteiger charge is -2.33. The Hall–Kier alpha value is -2.41. The van der Waals surface area contributed by atoms with E-state index in [0.29, 0.717) is 28.7 Å². The van der Waals surface area contributed by atoms with Gasteiger partial charge in [0, 0.05) is 19.2 Å². The van der Waals surface area contributed by atoms with Crippen LogP contribution in [-0.2, 0) is 11.2 Å². The van der Waals surface area contributed by atoms with Crippen LogP contribution in [0.15, 0.2) is 30.6 Å². The summed E-state index contributed by atoms with van der Waals surface area (Å²) in [5.74, 6) is 0.223. The van der Waals surface area contributed by atoms with E-state index in [4.69, 9.17) is 21.4 Å². The third kappa shape index (κ3) is 4.61. The Morgan fingerprint density at radius 1 is 1.31 bits per heavy atom. The number of aliphatic carboxylic acids is 1. The Bertz CT molecular complexity index is 885. The van der Waals surface area contributed by atoms with Gasteiger partial charge in [-0.1, -0.05) is 17.7 Å². The van der Waals surface area contributed by atoms with Crippen LogP contribution in [0.1, 0.15) is 31.2 Å². The number of carbonyl (C=O) groups is 1. The zero-order valence-corrected chi connectivity index (χ0v) is 16.7. The van der Waals surface area contributed by atoms with E-state index >= 15 is 0 Å². The fourth-order valence-electron chi connectivity index (χ4n) is 4.32. The van der Waals surface area contributed by atoms with Crippen molar-refractivity contribution in [2.75, 3.05) is 24.6 Å². The van der Waals surface area contributed by atoms with Gasteiger partial charge in [-0.2, -0.15) is 0 Å². The molecule has 1 aliphatic carbocycles. The average molecular weight is 420 g/mol. The van der Waals surface area contributed by atoms with Gasteiger partial charge in [0.2, 0.25) is 5.95 Å². The van der Waals surface area contributed by atoms with Gasteiger partial charge in [0.1, 0.15) is 11.6 Å². The normalized spacial score (nSPS) is 19.9. The molecule has 1 spiro atoms. The van der Waals surface area contributed by atoms with Crippen molar-refractivity contribution in [3.05, 3.63) is 47.0 Å². The summed E-state index contributed by atoms with van der Waals surface area (Å²) in [6.45, 7) is 2.42. The van der Waals surface area contributed by atoms with Crippen LogP contribution in [0.3, 0.4) is 0 Å². The van der Waals surface area contributed by atoms with Crippen LogP contribution in [-0.4, -0.2) is 40.7 Å². The van der Waals surface area contributed by atoms with E-state index in [1.165, 1.54) is 18.6 Å². The number of nitrogens with zero attached hydrogens (tertiary/aromatic N) is 3. The SMILES string of the molecule is O=C(O)Cc1ccc(OCCC2CC23CCN(c2ncc(Cl)cn2)CC3)cc1F. The fraction of sp³-hybridized carbons (Fsp3) is 0.476. The number of rotatable bonds is 7. The summed E-state index contributed by atoms with van der Waals surface area (Å²) in [5.41, 5.74) is 0.561. The fourth-order valence-corrected chi connectivity index (χ4v) is 4.41. The van der Waals surface area contributed by atoms with Crippen LogP contribution in [0, 0.1) is 17.2 Å². The monoisotopic (exact) mass is 419 g/mol. The van der Waals surface area contributed by atoms with E-state index in [-0.39, 0.29) is 12.0 Å². The molecular weight excluding hydrogens is 397 g/mol. The van der Waals surface area contributed by atoms with Crippen LogP contribution in [0.5, 0.6) is 5.75 Å². The van der Waals surface area contributed by atoms with Crippen molar-refractivity contribution in [3.8, 4) is 5.75 Å². The van der Waals surface area contributed by atoms with Gasteiger partial charge in [-0.05, 0) is 48.6 Å². The summed E-state index contributed by atoms with van der Waals surface area (Å²) >= 11 is 5.85. The summed E-state index contributed by atoms with van der Waals surface area (Å²) in [6.07, 6.45) is 7.30. The first-order valence-electron chi connectivity index (χ1n) is 9.81. The van der Waals surface area contributed by atoms with Gasteiger partial charge >= 0.3 is 5.97 Å². The molecule has 0 bridgehead atoms. The highest BCUT2D eigenvalue weighted by Gasteiger charge is 2.54. The molecule has 0 radical (unpaired) electrons. The third-order valence-corrected chi connectivity index (χ3v) is 6.30. The molecule has 1 aromatic heterocycles. The van der Waals surface area contributed by atoms with Crippen LogP contribution >= 0.6 is 11.6 Å². The highest BCUT2D eigenvalue weighted by atomic mass is 35.5. The Morgan fingerprint density at radius 3 is 2.69 bits per heavy atom. The highest BCUT2D eigenvalue weighted by molar-refractivity contribution is 6.30. The molecule has 1 N–H and O–H groups in total. The number of hydrogen-bond acceptors (Lipinski definition) is 5. The van der Waals surface area contributed by atoms with Crippen LogP contribution < -0.4 is 9.64 Å². The van der Waals surface area contributed by atoms with Crippen LogP contribution in [0.4, 0.5) is 10.3 Å². The van der Waals surface area contributed by atoms with E-state index in [1.807, 2.05) is 0 Å². The first-order valence-corrected chi connectivity index (χ1v) is 10.2. The van der Waals surface area contributed by atoms with Crippen molar-refractivity contribution in [2.24, 2.45) is 11.3 Å². The minimum Gasteiger partial charge on any atom is -0.493 e. The summed E-state index contributed by atoms with van der Waals surface area (Å²) < 4.78 is 19.6. The first-order chi connectivity index (χ1) is 13.9. The smallest absolute Gasteiger partial charge is 0.307 e. The molecule has 2 aliphatic rings. The molecule has 6 nitrogen and oxygen atoms in total. The zero-order chi connectivity index (χ0) is 20.4. The molecule has 4 rings (SSSR count). The van der Waals surface area contributed by atoms with Gasteiger partial charge in [0.15, 0.2) is 0 Å². The second-order valence-corrected chi connectivity index (χ2v) is 8.35. The van der Waals surface area contributed by atoms with Crippen LogP contribution in [0.2, 0.25) is 5.02 Å². The van der Waals surface area contributed by atoms with Gasteiger partial charge < -0.3 is 14.7 Å². The number of hydrogen-bond donors (Lipinski definition) is 1. The van der Waals surface area contributed by atoms with Gasteiger partial charge in [-0.3, -0.25) is 4.79 Å². The number of carboxylic acids is 1. The maximum atomic E-state index is 13.9. The largest absolute Gasteiger partial charge is 0.493 e. The minimum atomic E-state index is -1.05. The first kappa shape index (κ1) is 19.9. The lowest BCUT2D eigenvalue weighted by molar-refractivity contribution is -0.136. The molecule has 8 heteroatoms. The molecule has 1 unspecified atom stereocenters. The molecule has 1 aliphatic heterocycles. The Labute approximate surface area is 173 Å². The van der Waals surface area contributed by atoms with E-state index in [9.17, 15) is 9.18 Å². The van der Waals surface area contributed by atoms with E-state index in [2.05, 4.69) is 14.9 Å². The Morgan fingerprint density at radius 2 is 2.03 bits per heavy atom. The summed E-state index contributed by atoms with van der Waals surface area (Å²) in [7, 11) is 0. The molecule has 1 aromatic carbocycles. The van der Waals surface area contributed by atoms with Crippen molar-refractivity contribution >= 4 is 23.5 Å². The summed E-state index contributed by atoms with van der Waals surface area (Å²) in [5, 5.41) is 9.31. The highest BCUT2D eigenvalue weighted by Crippen LogP contribution is 2.60. The lowest BCUT2D eigenvalue weighted by Crippen LogP contribution is -2.36. The molecule has 1 saturated carbocycles. The topological polar surface area (TPSA) is 75.6 Å². The predicted octanol–water partition coefficient (Wildman–Crippen LogP) is 3.97. The molecule has 154 valence electrons. The van der Waals surface area contributed by atoms with Crippen molar-refractivity contribution in [1.29, 1.82) is 0 Å². The number of aromatic nitrogens is 2. The maximum Gasteiger partial charge on any atom is 0.307 e. The van der Waals surface area contributed by atoms with Crippen molar-refractivity contribution in [2.45, 2.75) is 32.1 Å². The summed E-state index contributed by atoms with van der Waals surface area (Å²) in [6, 6.07) is 4.38. The molecule has 2 fully saturated rings. The van der Waals surface area contributed by atoms with E-state index in [0.717, 1.165) is 38.3 Å². The molecule has 2 heterocycles. The predicted molar refractivity (Wildman–Crippen MR) is 107 cm³/mol. The van der Waals surface area contributed by atoms with Crippen molar-refractivity contribution < 1.29 is 19.0 Å². The van der Waals surface area contributed by atoms with Crippen molar-refractivity contribution in [1.82, 2.24) is 9.97 Å². The van der Waals surface area contributed by atoms with E-state index < -0.39 is 11.8 Å². The number of benzene rings is 1. The molecule has 2 aromatic rings. The molecule has 0 amide bonds. The second kappa shape index (κ2) is 8.14. The van der Waals surface area contributed by atoms with E-state index in [1.54, 1.807) is 18.5 Å². The minimum absolute atomic E-state index is 0.169. The molecule has 29 heavy (non-hydrogen) atoms. The Kier molecular flexibility index (Phi) is 5.58. The number of anilines is 1. The Balaban J connectivity index is 1.22. The molecule has 1 atom stereocenters. The quantitative estimate of drug-likeness (QED) is 0.731. The average Bonchev–Trinajstić information content (AvgIpc) is 3.36. The van der Waals surface area contributed by atoms with Crippen LogP contribution in [0.25, 0.3) is 0 Å². The zero-order valence-electron chi connectivity index (χ0n) is 16.0. The maximum absolute atomic E-state index is 13.9.